The van der Waals surface area contributed by atoms with E-state index < -0.39 is 51.4 Å². The molecule has 2 unspecified atom stereocenters. The summed E-state index contributed by atoms with van der Waals surface area (Å²) in [6, 6.07) is 10.3. The number of rotatable bonds is 9. The zero-order valence-electron chi connectivity index (χ0n) is 21.9. The molecule has 3 aromatic rings. The highest BCUT2D eigenvalue weighted by atomic mass is 32.2. The number of carbonyl (C=O) groups is 1. The van der Waals surface area contributed by atoms with Gasteiger partial charge in [0.05, 0.1) is 23.9 Å². The smallest absolute Gasteiger partial charge is 0.257 e. The Morgan fingerprint density at radius 2 is 1.85 bits per heavy atom. The molecule has 3 heterocycles. The Hall–Kier alpha value is -3.71. The van der Waals surface area contributed by atoms with Crippen LogP contribution < -0.4 is 15.6 Å². The number of hydrogen-bond acceptors (Lipinski definition) is 7. The quantitative estimate of drug-likeness (QED) is 0.413. The van der Waals surface area contributed by atoms with Crippen LogP contribution in [-0.2, 0) is 21.2 Å². The van der Waals surface area contributed by atoms with Crippen LogP contribution >= 0.6 is 0 Å². The van der Waals surface area contributed by atoms with Crippen LogP contribution in [0.1, 0.15) is 24.8 Å². The van der Waals surface area contributed by atoms with Gasteiger partial charge in [-0.2, -0.15) is 0 Å². The molecule has 1 aliphatic rings. The Morgan fingerprint density at radius 3 is 2.50 bits per heavy atom. The summed E-state index contributed by atoms with van der Waals surface area (Å²) in [4.78, 5) is 30.9. The SMILES string of the molecule is CC(C(=O)Nc1ccc(Oc2ccc(F)cc2)cn1)N1CCC(F)(F)C(c2ccc(=O)n(CCS(C)(=O)=O)c2)C1. The third-order valence-electron chi connectivity index (χ3n) is 6.74. The molecule has 1 fully saturated rings. The number of pyridine rings is 2. The maximum Gasteiger partial charge on any atom is 0.257 e. The topological polar surface area (TPSA) is 111 Å². The van der Waals surface area contributed by atoms with Crippen LogP contribution in [0.25, 0.3) is 0 Å². The second-order valence-electron chi connectivity index (χ2n) is 9.78. The van der Waals surface area contributed by atoms with Gasteiger partial charge >= 0.3 is 0 Å². The highest BCUT2D eigenvalue weighted by Crippen LogP contribution is 2.40. The summed E-state index contributed by atoms with van der Waals surface area (Å²) in [5.41, 5.74) is -0.300. The van der Waals surface area contributed by atoms with E-state index in [0.717, 1.165) is 16.9 Å². The van der Waals surface area contributed by atoms with Gasteiger partial charge in [0.1, 0.15) is 33.0 Å². The van der Waals surface area contributed by atoms with Crippen molar-refractivity contribution in [3.63, 3.8) is 0 Å². The number of aromatic nitrogens is 2. The summed E-state index contributed by atoms with van der Waals surface area (Å²) in [5.74, 6) is -4.51. The largest absolute Gasteiger partial charge is 0.456 e. The fraction of sp³-hybridized carbons (Fsp3) is 0.370. The van der Waals surface area contributed by atoms with E-state index in [9.17, 15) is 22.4 Å². The van der Waals surface area contributed by atoms with Gasteiger partial charge in [-0.25, -0.2) is 26.6 Å². The number of likely N-dealkylation sites (tertiary alicyclic amines) is 1. The second-order valence-corrected chi connectivity index (χ2v) is 12.0. The molecule has 0 radical (unpaired) electrons. The van der Waals surface area contributed by atoms with Crippen LogP contribution in [0.2, 0.25) is 0 Å². The monoisotopic (exact) mass is 578 g/mol. The number of ether oxygens (including phenoxy) is 1. The molecule has 4 rings (SSSR count). The number of benzene rings is 1. The van der Waals surface area contributed by atoms with E-state index in [1.54, 1.807) is 17.9 Å². The first-order chi connectivity index (χ1) is 18.8. The third-order valence-corrected chi connectivity index (χ3v) is 7.66. The van der Waals surface area contributed by atoms with Crippen molar-refractivity contribution in [2.75, 3.05) is 30.4 Å². The summed E-state index contributed by atoms with van der Waals surface area (Å²) in [6.07, 6.45) is 3.21. The molecule has 0 aliphatic carbocycles. The van der Waals surface area contributed by atoms with Crippen molar-refractivity contribution in [3.05, 3.63) is 82.7 Å². The van der Waals surface area contributed by atoms with Gasteiger partial charge in [-0.1, -0.05) is 6.07 Å². The van der Waals surface area contributed by atoms with Crippen molar-refractivity contribution in [2.45, 2.75) is 37.8 Å². The fourth-order valence-electron chi connectivity index (χ4n) is 4.37. The normalized spacial score (nSPS) is 18.2. The lowest BCUT2D eigenvalue weighted by Crippen LogP contribution is -2.52. The average Bonchev–Trinajstić information content (AvgIpc) is 2.90. The van der Waals surface area contributed by atoms with Gasteiger partial charge in [-0.3, -0.25) is 14.5 Å². The molecule has 1 aromatic carbocycles. The molecule has 0 saturated carbocycles. The van der Waals surface area contributed by atoms with Crippen LogP contribution in [-0.4, -0.2) is 65.8 Å². The molecule has 2 atom stereocenters. The van der Waals surface area contributed by atoms with Gasteiger partial charge < -0.3 is 14.6 Å². The maximum absolute atomic E-state index is 15.0. The first-order valence-electron chi connectivity index (χ1n) is 12.5. The molecule has 40 heavy (non-hydrogen) atoms. The molecule has 214 valence electrons. The number of halogens is 3. The van der Waals surface area contributed by atoms with Gasteiger partial charge in [0.25, 0.3) is 11.5 Å². The van der Waals surface area contributed by atoms with E-state index in [1.165, 1.54) is 48.8 Å². The van der Waals surface area contributed by atoms with Crippen molar-refractivity contribution in [1.82, 2.24) is 14.5 Å². The minimum absolute atomic E-state index is 0.0241. The van der Waals surface area contributed by atoms with Crippen LogP contribution in [0.3, 0.4) is 0 Å². The van der Waals surface area contributed by atoms with Crippen LogP contribution in [0.5, 0.6) is 11.5 Å². The Bertz CT molecular complexity index is 1510. The number of carbonyl (C=O) groups excluding carboxylic acids is 1. The Morgan fingerprint density at radius 1 is 1.15 bits per heavy atom. The van der Waals surface area contributed by atoms with Crippen molar-refractivity contribution in [2.24, 2.45) is 0 Å². The first-order valence-corrected chi connectivity index (χ1v) is 14.6. The molecule has 1 aliphatic heterocycles. The minimum atomic E-state index is -3.36. The van der Waals surface area contributed by atoms with E-state index in [2.05, 4.69) is 10.3 Å². The molecule has 0 bridgehead atoms. The van der Waals surface area contributed by atoms with Crippen molar-refractivity contribution in [3.8, 4) is 11.5 Å². The number of aryl methyl sites for hydroxylation is 1. The predicted molar refractivity (Wildman–Crippen MR) is 143 cm³/mol. The van der Waals surface area contributed by atoms with E-state index in [-0.39, 0.29) is 36.8 Å². The molecule has 1 N–H and O–H groups in total. The van der Waals surface area contributed by atoms with Gasteiger partial charge in [0, 0.05) is 44.6 Å². The fourth-order valence-corrected chi connectivity index (χ4v) is 4.90. The van der Waals surface area contributed by atoms with Gasteiger partial charge in [-0.05, 0) is 48.9 Å². The standard InChI is InChI=1S/C27H29F3N4O5S/c1-18(26(36)32-24-9-8-22(15-31-24)39-21-6-4-20(28)5-7-21)33-12-11-27(29,30)23(17-33)19-3-10-25(35)34(16-19)13-14-40(2,37)38/h3-10,15-16,18,23H,11-14,17H2,1-2H3,(H,31,32,36). The van der Waals surface area contributed by atoms with E-state index >= 15 is 8.78 Å². The number of nitrogens with zero attached hydrogens (tertiary/aromatic N) is 3. The molecular weight excluding hydrogens is 549 g/mol. The lowest BCUT2D eigenvalue weighted by Gasteiger charge is -2.40. The van der Waals surface area contributed by atoms with Gasteiger partial charge in [-0.15, -0.1) is 0 Å². The average molecular weight is 579 g/mol. The molecule has 0 spiro atoms. The molecule has 1 saturated heterocycles. The third kappa shape index (κ3) is 7.48. The first kappa shape index (κ1) is 29.3. The number of alkyl halides is 2. The number of nitrogens with one attached hydrogen (secondary N) is 1. The molecule has 13 heteroatoms. The number of amides is 1. The summed E-state index contributed by atoms with van der Waals surface area (Å²) in [6.45, 7) is 1.29. The lowest BCUT2D eigenvalue weighted by atomic mass is 9.87. The predicted octanol–water partition coefficient (Wildman–Crippen LogP) is 3.67. The van der Waals surface area contributed by atoms with Gasteiger partial charge in [0.15, 0.2) is 0 Å². The Kier molecular flexibility index (Phi) is 8.64. The lowest BCUT2D eigenvalue weighted by molar-refractivity contribution is -0.125. The Balaban J connectivity index is 1.42. The summed E-state index contributed by atoms with van der Waals surface area (Å²) in [5, 5.41) is 2.67. The molecule has 2 aromatic heterocycles. The zero-order valence-corrected chi connectivity index (χ0v) is 22.7. The van der Waals surface area contributed by atoms with Crippen LogP contribution in [0.4, 0.5) is 19.0 Å². The maximum atomic E-state index is 15.0. The summed E-state index contributed by atoms with van der Waals surface area (Å²) >= 11 is 0. The summed E-state index contributed by atoms with van der Waals surface area (Å²) in [7, 11) is -3.36. The van der Waals surface area contributed by atoms with E-state index in [1.807, 2.05) is 0 Å². The molecule has 1 amide bonds. The van der Waals surface area contributed by atoms with Crippen molar-refractivity contribution in [1.29, 1.82) is 0 Å². The number of hydrogen-bond donors (Lipinski definition) is 1. The Labute approximate surface area is 229 Å². The van der Waals surface area contributed by atoms with Crippen molar-refractivity contribution < 1.29 is 31.1 Å². The molecular formula is C27H29F3N4O5S. The zero-order chi connectivity index (χ0) is 29.1. The van der Waals surface area contributed by atoms with Gasteiger partial charge in [0.2, 0.25) is 5.91 Å². The minimum Gasteiger partial charge on any atom is -0.456 e. The van der Waals surface area contributed by atoms with Crippen molar-refractivity contribution >= 4 is 21.6 Å². The van der Waals surface area contributed by atoms with Crippen LogP contribution in [0, 0.1) is 5.82 Å². The number of piperidine rings is 1. The highest BCUT2D eigenvalue weighted by Gasteiger charge is 2.46. The van der Waals surface area contributed by atoms with E-state index in [4.69, 9.17) is 4.74 Å². The number of anilines is 1. The van der Waals surface area contributed by atoms with E-state index in [0.29, 0.717) is 11.5 Å². The summed E-state index contributed by atoms with van der Waals surface area (Å²) < 4.78 is 72.8. The number of sulfone groups is 1. The molecule has 9 nitrogen and oxygen atoms in total. The van der Waals surface area contributed by atoms with Crippen LogP contribution in [0.15, 0.2) is 65.7 Å². The highest BCUT2D eigenvalue weighted by molar-refractivity contribution is 7.90. The second kappa shape index (κ2) is 11.8.